The Balaban J connectivity index is 1.59. The molecule has 0 aromatic carbocycles. The van der Waals surface area contributed by atoms with Crippen molar-refractivity contribution in [1.82, 2.24) is 14.9 Å². The van der Waals surface area contributed by atoms with Crippen molar-refractivity contribution in [2.45, 2.75) is 56.6 Å². The summed E-state index contributed by atoms with van der Waals surface area (Å²) < 4.78 is 6.33. The van der Waals surface area contributed by atoms with Gasteiger partial charge in [0.2, 0.25) is 5.88 Å². The standard InChI is InChI=1S/C18H25N3O2S/c1-21(2)12-4-6-13(7-5-12)23-17-16-15-11(9-22)3-8-14(15)24-18(16)20-10-19-17/h10-13,22H,3-9H2,1-2H3/t11-,12-,13-/m1/s1. The van der Waals surface area contributed by atoms with E-state index in [1.54, 1.807) is 17.7 Å². The van der Waals surface area contributed by atoms with Crippen molar-refractivity contribution >= 4 is 21.6 Å². The van der Waals surface area contributed by atoms with Crippen LogP contribution in [-0.2, 0) is 6.42 Å². The molecule has 130 valence electrons. The topological polar surface area (TPSA) is 58.5 Å². The smallest absolute Gasteiger partial charge is 0.225 e. The van der Waals surface area contributed by atoms with E-state index in [2.05, 4.69) is 29.0 Å². The molecule has 2 aromatic heterocycles. The first kappa shape index (κ1) is 16.2. The predicted octanol–water partition coefficient (Wildman–Crippen LogP) is 2.97. The number of aliphatic hydroxyl groups is 1. The Morgan fingerprint density at radius 3 is 2.71 bits per heavy atom. The van der Waals surface area contributed by atoms with Gasteiger partial charge in [-0.25, -0.2) is 9.97 Å². The van der Waals surface area contributed by atoms with E-state index in [-0.39, 0.29) is 18.6 Å². The number of nitrogens with zero attached hydrogens (tertiary/aromatic N) is 3. The molecule has 1 N–H and O–H groups in total. The lowest BCUT2D eigenvalue weighted by Crippen LogP contribution is -2.35. The lowest BCUT2D eigenvalue weighted by molar-refractivity contribution is 0.108. The highest BCUT2D eigenvalue weighted by Gasteiger charge is 2.31. The first-order valence-corrected chi connectivity index (χ1v) is 9.69. The summed E-state index contributed by atoms with van der Waals surface area (Å²) in [6.07, 6.45) is 8.41. The molecular formula is C18H25N3O2S. The number of aryl methyl sites for hydroxylation is 1. The highest BCUT2D eigenvalue weighted by Crippen LogP contribution is 2.46. The molecule has 0 aliphatic heterocycles. The molecule has 2 heterocycles. The van der Waals surface area contributed by atoms with Gasteiger partial charge in [-0.3, -0.25) is 0 Å². The summed E-state index contributed by atoms with van der Waals surface area (Å²) >= 11 is 1.74. The lowest BCUT2D eigenvalue weighted by Gasteiger charge is -2.32. The molecule has 1 atom stereocenters. The fraction of sp³-hybridized carbons (Fsp3) is 0.667. The van der Waals surface area contributed by atoms with Crippen LogP contribution in [0.1, 0.15) is 48.5 Å². The van der Waals surface area contributed by atoms with Gasteiger partial charge in [0, 0.05) is 16.8 Å². The molecule has 0 bridgehead atoms. The van der Waals surface area contributed by atoms with Crippen LogP contribution in [0.15, 0.2) is 6.33 Å². The molecule has 0 amide bonds. The van der Waals surface area contributed by atoms with E-state index in [9.17, 15) is 5.11 Å². The van der Waals surface area contributed by atoms with Gasteiger partial charge < -0.3 is 14.7 Å². The zero-order valence-corrected chi connectivity index (χ0v) is 15.2. The Hall–Kier alpha value is -1.24. The summed E-state index contributed by atoms with van der Waals surface area (Å²) in [5.74, 6) is 0.942. The molecule has 0 radical (unpaired) electrons. The van der Waals surface area contributed by atoms with Crippen LogP contribution in [0.25, 0.3) is 10.2 Å². The number of rotatable bonds is 4. The summed E-state index contributed by atoms with van der Waals surface area (Å²) in [4.78, 5) is 13.6. The van der Waals surface area contributed by atoms with Crippen LogP contribution < -0.4 is 4.74 Å². The zero-order valence-electron chi connectivity index (χ0n) is 14.4. The van der Waals surface area contributed by atoms with Crippen LogP contribution in [-0.4, -0.2) is 52.8 Å². The Morgan fingerprint density at radius 2 is 2.00 bits per heavy atom. The lowest BCUT2D eigenvalue weighted by atomic mass is 9.92. The van der Waals surface area contributed by atoms with Gasteiger partial charge in [0.25, 0.3) is 0 Å². The number of hydrogen-bond acceptors (Lipinski definition) is 6. The number of fused-ring (bicyclic) bond motifs is 3. The van der Waals surface area contributed by atoms with E-state index < -0.39 is 0 Å². The number of hydrogen-bond donors (Lipinski definition) is 1. The van der Waals surface area contributed by atoms with Gasteiger partial charge in [-0.2, -0.15) is 0 Å². The van der Waals surface area contributed by atoms with Crippen molar-refractivity contribution < 1.29 is 9.84 Å². The maximum Gasteiger partial charge on any atom is 0.225 e. The van der Waals surface area contributed by atoms with Gasteiger partial charge in [-0.05, 0) is 58.2 Å². The van der Waals surface area contributed by atoms with Gasteiger partial charge in [0.15, 0.2) is 0 Å². The van der Waals surface area contributed by atoms with Crippen LogP contribution in [0, 0.1) is 0 Å². The Kier molecular flexibility index (Phi) is 4.45. The molecule has 4 rings (SSSR count). The summed E-state index contributed by atoms with van der Waals surface area (Å²) in [5, 5.41) is 10.8. The number of aliphatic hydroxyl groups excluding tert-OH is 1. The van der Waals surface area contributed by atoms with Gasteiger partial charge in [0.1, 0.15) is 17.3 Å². The molecule has 1 saturated carbocycles. The minimum Gasteiger partial charge on any atom is -0.474 e. The third-order valence-corrected chi connectivity index (χ3v) is 6.74. The quantitative estimate of drug-likeness (QED) is 0.921. The SMILES string of the molecule is CN(C)[C@H]1CC[C@H](Oc2ncnc3sc4c(c23)[C@@H](CO)CC4)CC1. The molecule has 1 fully saturated rings. The molecule has 0 spiro atoms. The molecule has 5 nitrogen and oxygen atoms in total. The maximum atomic E-state index is 9.70. The second kappa shape index (κ2) is 6.58. The van der Waals surface area contributed by atoms with Gasteiger partial charge in [0.05, 0.1) is 12.0 Å². The van der Waals surface area contributed by atoms with E-state index >= 15 is 0 Å². The van der Waals surface area contributed by atoms with Crippen LogP contribution in [0.5, 0.6) is 5.88 Å². The predicted molar refractivity (Wildman–Crippen MR) is 95.9 cm³/mol. The van der Waals surface area contributed by atoms with Crippen LogP contribution in [0.3, 0.4) is 0 Å². The van der Waals surface area contributed by atoms with Gasteiger partial charge in [-0.15, -0.1) is 11.3 Å². The maximum absolute atomic E-state index is 9.70. The summed E-state index contributed by atoms with van der Waals surface area (Å²) in [6, 6.07) is 0.666. The van der Waals surface area contributed by atoms with Crippen molar-refractivity contribution in [2.24, 2.45) is 0 Å². The third-order valence-electron chi connectivity index (χ3n) is 5.57. The van der Waals surface area contributed by atoms with E-state index in [0.29, 0.717) is 6.04 Å². The first-order valence-electron chi connectivity index (χ1n) is 8.87. The molecular weight excluding hydrogens is 322 g/mol. The first-order chi connectivity index (χ1) is 11.7. The van der Waals surface area contributed by atoms with Crippen molar-refractivity contribution in [3.63, 3.8) is 0 Å². The number of ether oxygens (including phenoxy) is 1. The molecule has 2 aromatic rings. The zero-order chi connectivity index (χ0) is 16.7. The monoisotopic (exact) mass is 347 g/mol. The van der Waals surface area contributed by atoms with E-state index in [0.717, 1.165) is 41.8 Å². The van der Waals surface area contributed by atoms with Crippen molar-refractivity contribution in [3.05, 3.63) is 16.8 Å². The molecule has 2 aliphatic carbocycles. The highest BCUT2D eigenvalue weighted by atomic mass is 32.1. The molecule has 2 aliphatic rings. The summed E-state index contributed by atoms with van der Waals surface area (Å²) in [6.45, 7) is 0.196. The average molecular weight is 347 g/mol. The van der Waals surface area contributed by atoms with E-state index in [1.807, 2.05) is 0 Å². The Labute approximate surface area is 146 Å². The van der Waals surface area contributed by atoms with Gasteiger partial charge in [-0.1, -0.05) is 0 Å². The van der Waals surface area contributed by atoms with Crippen molar-refractivity contribution in [3.8, 4) is 5.88 Å². The second-order valence-corrected chi connectivity index (χ2v) is 8.31. The normalized spacial score (nSPS) is 26.9. The van der Waals surface area contributed by atoms with E-state index in [1.165, 1.54) is 23.3 Å². The fourth-order valence-corrected chi connectivity index (χ4v) is 5.38. The fourth-order valence-electron chi connectivity index (χ4n) is 4.15. The molecule has 0 unspecified atom stereocenters. The van der Waals surface area contributed by atoms with Crippen LogP contribution in [0.4, 0.5) is 0 Å². The Bertz CT molecular complexity index is 722. The number of thiophene rings is 1. The largest absolute Gasteiger partial charge is 0.474 e. The van der Waals surface area contributed by atoms with Gasteiger partial charge >= 0.3 is 0 Å². The molecule has 6 heteroatoms. The molecule has 0 saturated heterocycles. The second-order valence-electron chi connectivity index (χ2n) is 7.23. The highest BCUT2D eigenvalue weighted by molar-refractivity contribution is 7.19. The van der Waals surface area contributed by atoms with Crippen LogP contribution >= 0.6 is 11.3 Å². The Morgan fingerprint density at radius 1 is 1.21 bits per heavy atom. The van der Waals surface area contributed by atoms with Crippen LogP contribution in [0.2, 0.25) is 0 Å². The molecule has 24 heavy (non-hydrogen) atoms. The number of aromatic nitrogens is 2. The minimum absolute atomic E-state index is 0.196. The summed E-state index contributed by atoms with van der Waals surface area (Å²) in [7, 11) is 4.31. The van der Waals surface area contributed by atoms with Crippen molar-refractivity contribution in [2.75, 3.05) is 20.7 Å². The average Bonchev–Trinajstić information content (AvgIpc) is 3.14. The third kappa shape index (κ3) is 2.80. The van der Waals surface area contributed by atoms with E-state index in [4.69, 9.17) is 4.74 Å². The minimum atomic E-state index is 0.196. The summed E-state index contributed by atoms with van der Waals surface area (Å²) in [5.41, 5.74) is 1.25. The van der Waals surface area contributed by atoms with Crippen molar-refractivity contribution in [1.29, 1.82) is 0 Å².